The molecule has 1 amide bonds. The molecule has 7 nitrogen and oxygen atoms in total. The molecule has 3 aromatic carbocycles. The number of ether oxygens (including phenoxy) is 3. The molecule has 1 aliphatic heterocycles. The first-order valence-corrected chi connectivity index (χ1v) is 13.4. The lowest BCUT2D eigenvalue weighted by Gasteiger charge is -2.12. The topological polar surface area (TPSA) is 86.8 Å². The van der Waals surface area contributed by atoms with Gasteiger partial charge in [-0.05, 0) is 55.0 Å². The van der Waals surface area contributed by atoms with Crippen molar-refractivity contribution in [3.8, 4) is 33.9 Å². The van der Waals surface area contributed by atoms with Crippen LogP contribution < -0.4 is 14.8 Å². The molecule has 0 saturated heterocycles. The summed E-state index contributed by atoms with van der Waals surface area (Å²) in [5, 5.41) is 6.46. The van der Waals surface area contributed by atoms with Crippen molar-refractivity contribution in [2.45, 2.75) is 6.92 Å². The number of amides is 1. The molecule has 194 valence electrons. The van der Waals surface area contributed by atoms with Gasteiger partial charge in [-0.25, -0.2) is 9.78 Å². The van der Waals surface area contributed by atoms with Gasteiger partial charge in [-0.3, -0.25) is 4.79 Å². The maximum Gasteiger partial charge on any atom is 0.341 e. The molecule has 1 aliphatic rings. The summed E-state index contributed by atoms with van der Waals surface area (Å²) >= 11 is 7.32. The SMILES string of the molecule is CCOC(=O)c1c(-c2ccc(Cl)cc2)csc1NC(=O)c1cc(-c2ccc3c(c2)OCO3)nc2ccccc12. The highest BCUT2D eigenvalue weighted by molar-refractivity contribution is 7.15. The van der Waals surface area contributed by atoms with Gasteiger partial charge in [0.25, 0.3) is 5.91 Å². The number of thiophene rings is 1. The maximum atomic E-state index is 13.8. The number of pyridine rings is 1. The van der Waals surface area contributed by atoms with Crippen molar-refractivity contribution in [2.75, 3.05) is 18.7 Å². The predicted octanol–water partition coefficient (Wildman–Crippen LogP) is 7.44. The number of hydrogen-bond donors (Lipinski definition) is 1. The fourth-order valence-corrected chi connectivity index (χ4v) is 5.51. The van der Waals surface area contributed by atoms with E-state index in [0.717, 1.165) is 11.1 Å². The summed E-state index contributed by atoms with van der Waals surface area (Å²) in [6, 6.07) is 21.9. The van der Waals surface area contributed by atoms with Crippen LogP contribution in [0.25, 0.3) is 33.3 Å². The Morgan fingerprint density at radius 3 is 2.59 bits per heavy atom. The minimum atomic E-state index is -0.514. The molecule has 0 saturated carbocycles. The van der Waals surface area contributed by atoms with Crippen molar-refractivity contribution < 1.29 is 23.8 Å². The molecule has 0 unspecified atom stereocenters. The number of para-hydroxylation sites is 1. The lowest BCUT2D eigenvalue weighted by molar-refractivity contribution is 0.0529. The Kier molecular flexibility index (Phi) is 6.64. The van der Waals surface area contributed by atoms with E-state index in [1.807, 2.05) is 60.0 Å². The van der Waals surface area contributed by atoms with Crippen LogP contribution in [0.5, 0.6) is 11.5 Å². The van der Waals surface area contributed by atoms with Gasteiger partial charge in [0.2, 0.25) is 6.79 Å². The summed E-state index contributed by atoms with van der Waals surface area (Å²) in [5.74, 6) is 0.407. The molecule has 0 spiro atoms. The van der Waals surface area contributed by atoms with Gasteiger partial charge >= 0.3 is 5.97 Å². The summed E-state index contributed by atoms with van der Waals surface area (Å²) in [7, 11) is 0. The number of aromatic nitrogens is 1. The number of hydrogen-bond acceptors (Lipinski definition) is 7. The standard InChI is InChI=1S/C30H21ClN2O5S/c1-2-36-30(35)27-22(17-7-10-19(31)11-8-17)15-39-29(27)33-28(34)21-14-24(32-23-6-4-3-5-20(21)23)18-9-12-25-26(13-18)38-16-37-25/h3-15H,2,16H2,1H3,(H,33,34). The molecule has 2 aromatic heterocycles. The number of nitrogens with one attached hydrogen (secondary N) is 1. The molecule has 9 heteroatoms. The molecule has 1 N–H and O–H groups in total. The minimum Gasteiger partial charge on any atom is -0.462 e. The minimum absolute atomic E-state index is 0.166. The average molecular weight is 557 g/mol. The molecule has 6 rings (SSSR count). The fraction of sp³-hybridized carbons (Fsp3) is 0.100. The van der Waals surface area contributed by atoms with Crippen LogP contribution in [-0.4, -0.2) is 30.3 Å². The monoisotopic (exact) mass is 556 g/mol. The summed E-state index contributed by atoms with van der Waals surface area (Å²) in [6.07, 6.45) is 0. The number of halogens is 1. The maximum absolute atomic E-state index is 13.8. The quantitative estimate of drug-likeness (QED) is 0.219. The molecular weight excluding hydrogens is 536 g/mol. The second-order valence-electron chi connectivity index (χ2n) is 8.68. The van der Waals surface area contributed by atoms with Crippen molar-refractivity contribution in [3.05, 3.63) is 94.3 Å². The first-order valence-electron chi connectivity index (χ1n) is 12.2. The van der Waals surface area contributed by atoms with Crippen LogP contribution in [0.4, 0.5) is 5.00 Å². The van der Waals surface area contributed by atoms with E-state index in [9.17, 15) is 9.59 Å². The van der Waals surface area contributed by atoms with E-state index in [-0.39, 0.29) is 19.3 Å². The van der Waals surface area contributed by atoms with Gasteiger partial charge in [0.15, 0.2) is 11.5 Å². The number of rotatable bonds is 6. The van der Waals surface area contributed by atoms with Gasteiger partial charge in [-0.2, -0.15) is 0 Å². The molecular formula is C30H21ClN2O5S. The van der Waals surface area contributed by atoms with Gasteiger partial charge in [0.1, 0.15) is 10.6 Å². The van der Waals surface area contributed by atoms with Crippen LogP contribution in [0.2, 0.25) is 5.02 Å². The number of benzene rings is 3. The zero-order valence-electron chi connectivity index (χ0n) is 20.7. The van der Waals surface area contributed by atoms with E-state index in [4.69, 9.17) is 30.8 Å². The van der Waals surface area contributed by atoms with Gasteiger partial charge in [-0.15, -0.1) is 11.3 Å². The highest BCUT2D eigenvalue weighted by atomic mass is 35.5. The number of esters is 1. The Bertz CT molecular complexity index is 1730. The Balaban J connectivity index is 1.41. The van der Waals surface area contributed by atoms with Crippen LogP contribution in [0, 0.1) is 0 Å². The van der Waals surface area contributed by atoms with E-state index in [1.165, 1.54) is 11.3 Å². The highest BCUT2D eigenvalue weighted by Gasteiger charge is 2.24. The smallest absolute Gasteiger partial charge is 0.341 e. The summed E-state index contributed by atoms with van der Waals surface area (Å²) in [4.78, 5) is 31.6. The zero-order valence-corrected chi connectivity index (χ0v) is 22.3. The number of fused-ring (bicyclic) bond motifs is 2. The largest absolute Gasteiger partial charge is 0.462 e. The molecule has 0 aliphatic carbocycles. The van der Waals surface area contributed by atoms with Crippen molar-refractivity contribution >= 4 is 50.7 Å². The van der Waals surface area contributed by atoms with Crippen molar-refractivity contribution in [1.29, 1.82) is 0 Å². The fourth-order valence-electron chi connectivity index (χ4n) is 4.44. The zero-order chi connectivity index (χ0) is 26.9. The van der Waals surface area contributed by atoms with Crippen LogP contribution in [0.3, 0.4) is 0 Å². The predicted molar refractivity (Wildman–Crippen MR) is 152 cm³/mol. The van der Waals surface area contributed by atoms with Crippen molar-refractivity contribution in [2.24, 2.45) is 0 Å². The Hall–Kier alpha value is -4.40. The molecule has 0 atom stereocenters. The van der Waals surface area contributed by atoms with Crippen LogP contribution in [-0.2, 0) is 4.74 Å². The number of carbonyl (C=O) groups excluding carboxylic acids is 2. The number of carbonyl (C=O) groups is 2. The average Bonchev–Trinajstić information content (AvgIpc) is 3.59. The molecule has 0 fully saturated rings. The third kappa shape index (κ3) is 4.80. The van der Waals surface area contributed by atoms with Crippen molar-refractivity contribution in [1.82, 2.24) is 4.98 Å². The lowest BCUT2D eigenvalue weighted by Crippen LogP contribution is -2.15. The van der Waals surface area contributed by atoms with Gasteiger partial charge in [0, 0.05) is 26.9 Å². The van der Waals surface area contributed by atoms with E-state index >= 15 is 0 Å². The second-order valence-corrected chi connectivity index (χ2v) is 9.99. The van der Waals surface area contributed by atoms with E-state index < -0.39 is 5.97 Å². The number of nitrogens with zero attached hydrogens (tertiary/aromatic N) is 1. The van der Waals surface area contributed by atoms with Gasteiger partial charge in [-0.1, -0.05) is 41.9 Å². The Morgan fingerprint density at radius 2 is 1.77 bits per heavy atom. The van der Waals surface area contributed by atoms with Crippen LogP contribution >= 0.6 is 22.9 Å². The van der Waals surface area contributed by atoms with Crippen molar-refractivity contribution in [3.63, 3.8) is 0 Å². The first kappa shape index (κ1) is 24.9. The summed E-state index contributed by atoms with van der Waals surface area (Å²) in [6.45, 7) is 2.11. The first-order chi connectivity index (χ1) is 19.0. The number of anilines is 1. The molecule has 0 radical (unpaired) electrons. The third-order valence-corrected chi connectivity index (χ3v) is 7.43. The molecule has 0 bridgehead atoms. The summed E-state index contributed by atoms with van der Waals surface area (Å²) < 4.78 is 16.3. The molecule has 3 heterocycles. The molecule has 39 heavy (non-hydrogen) atoms. The second kappa shape index (κ2) is 10.4. The van der Waals surface area contributed by atoms with Crippen LogP contribution in [0.1, 0.15) is 27.6 Å². The third-order valence-electron chi connectivity index (χ3n) is 6.28. The Labute approximate surface area is 232 Å². The summed E-state index contributed by atoms with van der Waals surface area (Å²) in [5.41, 5.74) is 4.22. The molecule has 5 aromatic rings. The van der Waals surface area contributed by atoms with E-state index in [1.54, 1.807) is 25.1 Å². The highest BCUT2D eigenvalue weighted by Crippen LogP contribution is 2.38. The van der Waals surface area contributed by atoms with Crippen LogP contribution in [0.15, 0.2) is 78.2 Å². The van der Waals surface area contributed by atoms with Gasteiger partial charge < -0.3 is 19.5 Å². The van der Waals surface area contributed by atoms with E-state index in [2.05, 4.69) is 5.32 Å². The lowest BCUT2D eigenvalue weighted by atomic mass is 10.0. The van der Waals surface area contributed by atoms with Gasteiger partial charge in [0.05, 0.1) is 23.4 Å². The normalized spacial score (nSPS) is 11.9. The van der Waals surface area contributed by atoms with E-state index in [0.29, 0.717) is 54.8 Å². The Morgan fingerprint density at radius 1 is 1.00 bits per heavy atom.